The van der Waals surface area contributed by atoms with E-state index >= 15 is 4.39 Å². The van der Waals surface area contributed by atoms with Crippen LogP contribution in [-0.4, -0.2) is 66.4 Å². The first kappa shape index (κ1) is 39.9. The van der Waals surface area contributed by atoms with Crippen LogP contribution in [0.3, 0.4) is 0 Å². The lowest BCUT2D eigenvalue weighted by atomic mass is 9.77. The van der Waals surface area contributed by atoms with Gasteiger partial charge in [-0.15, -0.1) is 0 Å². The van der Waals surface area contributed by atoms with E-state index in [1.807, 2.05) is 26.1 Å². The van der Waals surface area contributed by atoms with Gasteiger partial charge in [0, 0.05) is 23.5 Å². The largest absolute Gasteiger partial charge is 0.447 e. The molecule has 0 spiro atoms. The third-order valence-electron chi connectivity index (χ3n) is 8.72. The Labute approximate surface area is 310 Å². The number of alkyl carbamates (subject to hydrolysis) is 1. The first-order chi connectivity index (χ1) is 25.3. The summed E-state index contributed by atoms with van der Waals surface area (Å²) in [5.74, 6) is -1.93. The first-order valence-corrected chi connectivity index (χ1v) is 16.8. The van der Waals surface area contributed by atoms with Gasteiger partial charge in [0.1, 0.15) is 24.3 Å². The Kier molecular flexibility index (Phi) is 11.3. The van der Waals surface area contributed by atoms with E-state index in [1.54, 1.807) is 13.0 Å². The maximum Gasteiger partial charge on any atom is 0.411 e. The van der Waals surface area contributed by atoms with Crippen LogP contribution < -0.4 is 11.1 Å². The lowest BCUT2D eigenvalue weighted by molar-refractivity contribution is -0.164. The SMILES string of the molecule is CC(C)(C)C[C@@](C)(N=C(N)N(C=O)[C@H](COC(=O)NC1(C(F)(F)F)CC1)c1ccc(Cl)c(-n2ncnc2C(F)F)c1)c1ccc(-c2cnccn2)cc1F. The third-order valence-corrected chi connectivity index (χ3v) is 9.04. The minimum Gasteiger partial charge on any atom is -0.447 e. The molecule has 0 radical (unpaired) electrons. The van der Waals surface area contributed by atoms with Gasteiger partial charge in [0.15, 0.2) is 11.8 Å². The van der Waals surface area contributed by atoms with Crippen LogP contribution in [0.1, 0.15) is 76.4 Å². The lowest BCUT2D eigenvalue weighted by Crippen LogP contribution is -2.49. The predicted octanol–water partition coefficient (Wildman–Crippen LogP) is 7.44. The maximum absolute atomic E-state index is 16.0. The van der Waals surface area contributed by atoms with Gasteiger partial charge in [0.2, 0.25) is 6.41 Å². The number of aliphatic imine (C=N–C) groups is 1. The second-order valence-corrected chi connectivity index (χ2v) is 14.5. The van der Waals surface area contributed by atoms with Crippen molar-refractivity contribution in [3.8, 4) is 16.9 Å². The summed E-state index contributed by atoms with van der Waals surface area (Å²) in [6.07, 6.45) is -4.27. The van der Waals surface area contributed by atoms with Gasteiger partial charge in [0.25, 0.3) is 6.43 Å². The molecule has 0 saturated heterocycles. The Morgan fingerprint density at radius 3 is 2.43 bits per heavy atom. The summed E-state index contributed by atoms with van der Waals surface area (Å²) in [7, 11) is 0. The van der Waals surface area contributed by atoms with E-state index in [9.17, 15) is 31.5 Å². The Morgan fingerprint density at radius 2 is 1.85 bits per heavy atom. The number of alkyl halides is 5. The minimum absolute atomic E-state index is 0.0668. The molecule has 12 nitrogen and oxygen atoms in total. The molecule has 3 N–H and O–H groups in total. The van der Waals surface area contributed by atoms with Gasteiger partial charge in [-0.1, -0.05) is 50.6 Å². The molecule has 2 aromatic heterocycles. The number of amides is 2. The van der Waals surface area contributed by atoms with Gasteiger partial charge >= 0.3 is 12.3 Å². The molecular weight excluding hydrogens is 744 g/mol. The number of nitrogens with zero attached hydrogens (tertiary/aromatic N) is 7. The highest BCUT2D eigenvalue weighted by Crippen LogP contribution is 2.49. The van der Waals surface area contributed by atoms with E-state index in [2.05, 4.69) is 25.0 Å². The monoisotopic (exact) mass is 779 g/mol. The smallest absolute Gasteiger partial charge is 0.411 e. The molecular formula is C35H36ClF6N9O3. The Hall–Kier alpha value is -5.26. The molecule has 2 atom stereocenters. The number of rotatable bonds is 12. The number of ether oxygens (including phenoxy) is 1. The fraction of sp³-hybridized carbons (Fsp3) is 0.400. The Bertz CT molecular complexity index is 2020. The van der Waals surface area contributed by atoms with Gasteiger partial charge in [-0.2, -0.15) is 18.3 Å². The first-order valence-electron chi connectivity index (χ1n) is 16.4. The highest BCUT2D eigenvalue weighted by Gasteiger charge is 2.64. The van der Waals surface area contributed by atoms with Crippen LogP contribution in [0.2, 0.25) is 5.02 Å². The van der Waals surface area contributed by atoms with Crippen molar-refractivity contribution in [2.45, 2.75) is 76.7 Å². The summed E-state index contributed by atoms with van der Waals surface area (Å²) in [4.78, 5) is 42.9. The van der Waals surface area contributed by atoms with Crippen molar-refractivity contribution in [1.82, 2.24) is 34.9 Å². The zero-order valence-corrected chi connectivity index (χ0v) is 30.2. The van der Waals surface area contributed by atoms with Crippen molar-refractivity contribution in [1.29, 1.82) is 0 Å². The van der Waals surface area contributed by atoms with Crippen LogP contribution >= 0.6 is 11.6 Å². The van der Waals surface area contributed by atoms with Crippen LogP contribution in [0, 0.1) is 11.2 Å². The number of benzene rings is 2. The van der Waals surface area contributed by atoms with Gasteiger partial charge < -0.3 is 15.8 Å². The van der Waals surface area contributed by atoms with Crippen molar-refractivity contribution in [3.05, 3.63) is 89.1 Å². The van der Waals surface area contributed by atoms with Crippen molar-refractivity contribution in [2.75, 3.05) is 6.61 Å². The molecule has 1 aliphatic rings. The van der Waals surface area contributed by atoms with Crippen LogP contribution in [0.15, 0.2) is 66.3 Å². The maximum atomic E-state index is 16.0. The van der Waals surface area contributed by atoms with Gasteiger partial charge in [-0.05, 0) is 55.4 Å². The fourth-order valence-corrected chi connectivity index (χ4v) is 6.39. The van der Waals surface area contributed by atoms with Gasteiger partial charge in [-0.3, -0.25) is 19.7 Å². The number of aromatic nitrogens is 5. The van der Waals surface area contributed by atoms with E-state index in [0.29, 0.717) is 11.3 Å². The number of nitrogens with one attached hydrogen (secondary N) is 1. The lowest BCUT2D eigenvalue weighted by Gasteiger charge is -2.35. The van der Waals surface area contributed by atoms with Crippen molar-refractivity contribution in [3.63, 3.8) is 0 Å². The molecule has 4 aromatic rings. The molecule has 1 aliphatic carbocycles. The molecule has 5 rings (SSSR count). The zero-order valence-electron chi connectivity index (χ0n) is 29.4. The standard InChI is InChI=1S/C35H36ClF6N9O3/c1-32(2,3)17-33(4,22-7-5-20(13-24(22)37)25-15-44-11-12-45-25)48-30(43)50(19-52)27(16-54-31(53)49-34(9-10-34)35(40,41)42)21-6-8-23(36)26(14-21)51-29(28(38)39)46-18-47-51/h5-8,11-15,18-19,27-28H,9-10,16-17H2,1-4H3,(H2,43,48)(H,49,53)/t27-,33-/m1/s1. The van der Waals surface area contributed by atoms with Crippen LogP contribution in [0.4, 0.5) is 31.1 Å². The van der Waals surface area contributed by atoms with E-state index in [0.717, 1.165) is 15.9 Å². The summed E-state index contributed by atoms with van der Waals surface area (Å²) in [6, 6.07) is 6.86. The summed E-state index contributed by atoms with van der Waals surface area (Å²) in [5.41, 5.74) is 3.03. The van der Waals surface area contributed by atoms with Crippen molar-refractivity contribution >= 4 is 30.1 Å². The summed E-state index contributed by atoms with van der Waals surface area (Å²) in [6.45, 7) is 6.46. The van der Waals surface area contributed by atoms with E-state index in [-0.39, 0.29) is 47.5 Å². The molecule has 1 fully saturated rings. The molecule has 2 heterocycles. The number of nitrogens with two attached hydrogens (primary N) is 1. The fourth-order valence-electron chi connectivity index (χ4n) is 6.20. The number of hydrogen-bond donors (Lipinski definition) is 2. The zero-order chi connectivity index (χ0) is 39.6. The van der Waals surface area contributed by atoms with Gasteiger partial charge in [0.05, 0.1) is 34.2 Å². The third kappa shape index (κ3) is 8.75. The van der Waals surface area contributed by atoms with Crippen molar-refractivity contribution < 1.29 is 40.7 Å². The number of hydrogen-bond acceptors (Lipinski definition) is 8. The molecule has 2 amide bonds. The Morgan fingerprint density at radius 1 is 1.13 bits per heavy atom. The van der Waals surface area contributed by atoms with Crippen LogP contribution in [-0.2, 0) is 15.1 Å². The molecule has 2 aromatic carbocycles. The molecule has 0 unspecified atom stereocenters. The molecule has 1 saturated carbocycles. The second kappa shape index (κ2) is 15.2. The topological polar surface area (TPSA) is 154 Å². The highest BCUT2D eigenvalue weighted by molar-refractivity contribution is 6.32. The quantitative estimate of drug-likeness (QED) is 0.0651. The Balaban J connectivity index is 1.57. The highest BCUT2D eigenvalue weighted by atomic mass is 35.5. The average Bonchev–Trinajstić information content (AvgIpc) is 3.71. The second-order valence-electron chi connectivity index (χ2n) is 14.1. The predicted molar refractivity (Wildman–Crippen MR) is 185 cm³/mol. The number of halogens is 7. The average molecular weight is 780 g/mol. The minimum atomic E-state index is -4.75. The summed E-state index contributed by atoms with van der Waals surface area (Å²) in [5, 5.41) is 5.60. The van der Waals surface area contributed by atoms with E-state index in [1.165, 1.54) is 48.9 Å². The molecule has 54 heavy (non-hydrogen) atoms. The summed E-state index contributed by atoms with van der Waals surface area (Å²) < 4.78 is 90.4. The normalized spacial score (nSPS) is 16.0. The molecule has 0 bridgehead atoms. The molecule has 19 heteroatoms. The van der Waals surface area contributed by atoms with Gasteiger partial charge in [-0.25, -0.2) is 32.6 Å². The van der Waals surface area contributed by atoms with Crippen molar-refractivity contribution in [2.24, 2.45) is 16.1 Å². The van der Waals surface area contributed by atoms with Crippen LogP contribution in [0.5, 0.6) is 0 Å². The van der Waals surface area contributed by atoms with Crippen LogP contribution in [0.25, 0.3) is 16.9 Å². The molecule has 0 aliphatic heterocycles. The van der Waals surface area contributed by atoms with E-state index < -0.39 is 65.4 Å². The number of guanidine groups is 1. The number of carbonyl (C=O) groups excluding carboxylic acids is 2. The van der Waals surface area contributed by atoms with E-state index in [4.69, 9.17) is 22.1 Å². The summed E-state index contributed by atoms with van der Waals surface area (Å²) >= 11 is 6.37. The number of carbonyl (C=O) groups is 2. The molecule has 288 valence electrons.